The third kappa shape index (κ3) is 3.63. The van der Waals surface area contributed by atoms with Crippen LogP contribution in [0.2, 0.25) is 0 Å². The second-order valence-corrected chi connectivity index (χ2v) is 5.42. The van der Waals surface area contributed by atoms with Crippen LogP contribution < -0.4 is 9.47 Å². The second kappa shape index (κ2) is 7.09. The molecule has 0 saturated heterocycles. The van der Waals surface area contributed by atoms with Crippen molar-refractivity contribution in [3.8, 4) is 11.5 Å². The Kier molecular flexibility index (Phi) is 4.70. The number of ether oxygens (including phenoxy) is 2. The smallest absolute Gasteiger partial charge is 0.249 e. The minimum absolute atomic E-state index is 0.0703. The van der Waals surface area contributed by atoms with Crippen LogP contribution in [0.1, 0.15) is 11.1 Å². The number of nitrogens with zero attached hydrogens (tertiary/aromatic N) is 3. The third-order valence-electron chi connectivity index (χ3n) is 3.68. The van der Waals surface area contributed by atoms with E-state index in [2.05, 4.69) is 15.0 Å². The monoisotopic (exact) mass is 335 g/mol. The molecule has 1 aliphatic rings. The molecule has 0 amide bonds. The number of carbonyl (C=O) groups is 1. The van der Waals surface area contributed by atoms with Crippen molar-refractivity contribution in [2.24, 2.45) is 15.0 Å². The van der Waals surface area contributed by atoms with E-state index >= 15 is 0 Å². The Balaban J connectivity index is 1.95. The van der Waals surface area contributed by atoms with Crippen LogP contribution in [0, 0.1) is 6.92 Å². The van der Waals surface area contributed by atoms with E-state index in [0.29, 0.717) is 22.9 Å². The van der Waals surface area contributed by atoms with Gasteiger partial charge in [0.25, 0.3) is 0 Å². The summed E-state index contributed by atoms with van der Waals surface area (Å²) in [6.07, 6.45) is 1.34. The molecule has 2 aromatic rings. The first-order valence-corrected chi connectivity index (χ1v) is 7.64. The van der Waals surface area contributed by atoms with Gasteiger partial charge in [-0.25, -0.2) is 15.0 Å². The Morgan fingerprint density at radius 3 is 2.20 bits per heavy atom. The molecule has 0 spiro atoms. The minimum Gasteiger partial charge on any atom is -0.497 e. The molecular weight excluding hydrogens is 318 g/mol. The van der Waals surface area contributed by atoms with Gasteiger partial charge in [-0.2, -0.15) is 0 Å². The SMILES string of the molecule is COc1cc(N=C2N=CN=C(c3ccc(C)cc3)C2=O)cc(OC)c1. The Morgan fingerprint density at radius 1 is 0.960 bits per heavy atom. The molecular formula is C19H17N3O3. The molecule has 0 radical (unpaired) electrons. The Hall–Kier alpha value is -3.28. The number of hydrogen-bond donors (Lipinski definition) is 0. The summed E-state index contributed by atoms with van der Waals surface area (Å²) in [7, 11) is 3.11. The molecule has 0 saturated carbocycles. The van der Waals surface area contributed by atoms with E-state index in [1.807, 2.05) is 31.2 Å². The highest BCUT2D eigenvalue weighted by atomic mass is 16.5. The molecule has 6 heteroatoms. The molecule has 3 rings (SSSR count). The van der Waals surface area contributed by atoms with Gasteiger partial charge in [0.1, 0.15) is 23.5 Å². The van der Waals surface area contributed by atoms with E-state index in [4.69, 9.17) is 9.47 Å². The molecule has 0 aliphatic carbocycles. The number of carbonyl (C=O) groups excluding carboxylic acids is 1. The van der Waals surface area contributed by atoms with Gasteiger partial charge in [0.15, 0.2) is 0 Å². The van der Waals surface area contributed by atoms with E-state index in [9.17, 15) is 4.79 Å². The molecule has 0 bridgehead atoms. The average Bonchev–Trinajstić information content (AvgIpc) is 2.64. The largest absolute Gasteiger partial charge is 0.497 e. The summed E-state index contributed by atoms with van der Waals surface area (Å²) >= 11 is 0. The average molecular weight is 335 g/mol. The van der Waals surface area contributed by atoms with E-state index in [1.54, 1.807) is 32.4 Å². The molecule has 6 nitrogen and oxygen atoms in total. The molecule has 0 unspecified atom stereocenters. The fourth-order valence-electron chi connectivity index (χ4n) is 2.34. The van der Waals surface area contributed by atoms with Crippen molar-refractivity contribution in [3.63, 3.8) is 0 Å². The molecule has 2 aromatic carbocycles. The fraction of sp³-hybridized carbons (Fsp3) is 0.158. The first-order valence-electron chi connectivity index (χ1n) is 7.64. The molecule has 0 aromatic heterocycles. The van der Waals surface area contributed by atoms with E-state index < -0.39 is 0 Å². The lowest BCUT2D eigenvalue weighted by Crippen LogP contribution is -2.26. The lowest BCUT2D eigenvalue weighted by Gasteiger charge is -2.10. The van der Waals surface area contributed by atoms with Crippen molar-refractivity contribution in [1.82, 2.24) is 0 Å². The summed E-state index contributed by atoms with van der Waals surface area (Å²) < 4.78 is 10.4. The first kappa shape index (κ1) is 16.6. The normalized spacial score (nSPS) is 15.2. The highest BCUT2D eigenvalue weighted by molar-refractivity contribution is 6.71. The molecule has 25 heavy (non-hydrogen) atoms. The van der Waals surface area contributed by atoms with Crippen LogP contribution in [0.15, 0.2) is 57.4 Å². The van der Waals surface area contributed by atoms with Gasteiger partial charge >= 0.3 is 0 Å². The number of rotatable bonds is 4. The Labute approximate surface area is 145 Å². The Bertz CT molecular complexity index is 874. The van der Waals surface area contributed by atoms with Crippen LogP contribution in [-0.2, 0) is 4.79 Å². The number of hydrogen-bond acceptors (Lipinski definition) is 5. The van der Waals surface area contributed by atoms with E-state index in [1.165, 1.54) is 6.34 Å². The number of ketones is 1. The summed E-state index contributed by atoms with van der Waals surface area (Å²) in [4.78, 5) is 25.2. The summed E-state index contributed by atoms with van der Waals surface area (Å²) in [5.41, 5.74) is 2.68. The van der Waals surface area contributed by atoms with Crippen molar-refractivity contribution in [2.45, 2.75) is 6.92 Å². The van der Waals surface area contributed by atoms with Crippen molar-refractivity contribution in [3.05, 3.63) is 53.6 Å². The highest BCUT2D eigenvalue weighted by Crippen LogP contribution is 2.28. The summed E-state index contributed by atoms with van der Waals surface area (Å²) in [5, 5.41) is 0. The van der Waals surface area contributed by atoms with Gasteiger partial charge in [-0.15, -0.1) is 0 Å². The van der Waals surface area contributed by atoms with Crippen LogP contribution >= 0.6 is 0 Å². The number of benzene rings is 2. The highest BCUT2D eigenvalue weighted by Gasteiger charge is 2.22. The molecule has 0 fully saturated rings. The zero-order valence-corrected chi connectivity index (χ0v) is 14.2. The molecule has 0 atom stereocenters. The van der Waals surface area contributed by atoms with Gasteiger partial charge in [0, 0.05) is 23.8 Å². The van der Waals surface area contributed by atoms with Crippen LogP contribution in [-0.4, -0.2) is 37.9 Å². The summed E-state index contributed by atoms with van der Waals surface area (Å²) in [5.74, 6) is 0.908. The van der Waals surface area contributed by atoms with Crippen molar-refractivity contribution < 1.29 is 14.3 Å². The summed E-state index contributed by atoms with van der Waals surface area (Å²) in [6.45, 7) is 1.98. The summed E-state index contributed by atoms with van der Waals surface area (Å²) in [6, 6.07) is 12.7. The molecule has 1 aliphatic heterocycles. The number of aryl methyl sites for hydroxylation is 1. The van der Waals surface area contributed by atoms with Gasteiger partial charge in [0.2, 0.25) is 11.6 Å². The number of methoxy groups -OCH3 is 2. The Morgan fingerprint density at radius 2 is 1.60 bits per heavy atom. The zero-order valence-electron chi connectivity index (χ0n) is 14.2. The zero-order chi connectivity index (χ0) is 17.8. The van der Waals surface area contributed by atoms with Crippen molar-refractivity contribution >= 4 is 29.4 Å². The van der Waals surface area contributed by atoms with Gasteiger partial charge in [0.05, 0.1) is 19.9 Å². The van der Waals surface area contributed by atoms with Crippen LogP contribution in [0.25, 0.3) is 0 Å². The molecule has 1 heterocycles. The predicted molar refractivity (Wildman–Crippen MR) is 97.9 cm³/mol. The maximum atomic E-state index is 12.7. The lowest BCUT2D eigenvalue weighted by molar-refractivity contribution is -0.107. The molecule has 126 valence electrons. The quantitative estimate of drug-likeness (QED) is 0.861. The van der Waals surface area contributed by atoms with Crippen LogP contribution in [0.5, 0.6) is 11.5 Å². The topological polar surface area (TPSA) is 72.6 Å². The standard InChI is InChI=1S/C19H17N3O3/c1-12-4-6-13(7-5-12)17-18(23)19(21-11-20-17)22-14-8-15(24-2)10-16(9-14)25-3/h4-11H,1-3H3. The third-order valence-corrected chi connectivity index (χ3v) is 3.68. The molecule has 0 N–H and O–H groups in total. The number of amidine groups is 1. The van der Waals surface area contributed by atoms with Gasteiger partial charge in [-0.1, -0.05) is 29.8 Å². The van der Waals surface area contributed by atoms with Crippen LogP contribution in [0.3, 0.4) is 0 Å². The number of aliphatic imine (C=N–C) groups is 3. The second-order valence-electron chi connectivity index (χ2n) is 5.42. The van der Waals surface area contributed by atoms with E-state index in [0.717, 1.165) is 11.1 Å². The van der Waals surface area contributed by atoms with Gasteiger partial charge in [-0.3, -0.25) is 4.79 Å². The lowest BCUT2D eigenvalue weighted by atomic mass is 10.0. The van der Waals surface area contributed by atoms with Gasteiger partial charge < -0.3 is 9.47 Å². The maximum Gasteiger partial charge on any atom is 0.249 e. The van der Waals surface area contributed by atoms with Crippen molar-refractivity contribution in [2.75, 3.05) is 14.2 Å². The minimum atomic E-state index is -0.326. The van der Waals surface area contributed by atoms with Crippen LogP contribution in [0.4, 0.5) is 5.69 Å². The van der Waals surface area contributed by atoms with E-state index in [-0.39, 0.29) is 11.6 Å². The maximum absolute atomic E-state index is 12.7. The van der Waals surface area contributed by atoms with Crippen molar-refractivity contribution in [1.29, 1.82) is 0 Å². The fourth-order valence-corrected chi connectivity index (χ4v) is 2.34. The van der Waals surface area contributed by atoms with Gasteiger partial charge in [-0.05, 0) is 6.92 Å². The number of Topliss-reactive ketones (excluding diaryl/α,β-unsaturated/α-hetero) is 1. The predicted octanol–water partition coefficient (Wildman–Crippen LogP) is 3.14. The first-order chi connectivity index (χ1) is 12.1.